The van der Waals surface area contributed by atoms with E-state index in [1.54, 1.807) is 0 Å². The summed E-state index contributed by atoms with van der Waals surface area (Å²) in [5, 5.41) is 23.4. The maximum atomic E-state index is 10.6. The molecule has 138 valence electrons. The number of benzene rings is 1. The molecule has 2 rings (SSSR count). The number of aliphatic carboxylic acids is 2. The summed E-state index contributed by atoms with van der Waals surface area (Å²) in [7, 11) is 0. The minimum absolute atomic E-state index is 0.0594. The second-order valence-electron chi connectivity index (χ2n) is 5.52. The van der Waals surface area contributed by atoms with Gasteiger partial charge in [0.1, 0.15) is 0 Å². The maximum absolute atomic E-state index is 10.6. The van der Waals surface area contributed by atoms with Crippen LogP contribution in [0, 0.1) is 0 Å². The summed E-state index contributed by atoms with van der Waals surface area (Å²) in [4.78, 5) is 34.1. The van der Waals surface area contributed by atoms with Gasteiger partial charge in [-0.2, -0.15) is 15.0 Å². The van der Waals surface area contributed by atoms with Gasteiger partial charge in [-0.25, -0.2) is 0 Å². The van der Waals surface area contributed by atoms with Crippen LogP contribution in [0.1, 0.15) is 25.7 Å². The molecule has 0 bridgehead atoms. The molecule has 0 aliphatic carbocycles. The summed E-state index contributed by atoms with van der Waals surface area (Å²) in [5.74, 6) is -0.557. The van der Waals surface area contributed by atoms with E-state index < -0.39 is 11.9 Å². The molecule has 1 heterocycles. The number of anilines is 2. The summed E-state index contributed by atoms with van der Waals surface area (Å²) in [5.41, 5.74) is 0.817. The predicted molar refractivity (Wildman–Crippen MR) is 96.0 cm³/mol. The van der Waals surface area contributed by atoms with E-state index in [0.717, 1.165) is 5.56 Å². The lowest BCUT2D eigenvalue weighted by Gasteiger charge is -2.10. The fourth-order valence-electron chi connectivity index (χ4n) is 2.13. The molecule has 26 heavy (non-hydrogen) atoms. The van der Waals surface area contributed by atoms with Crippen LogP contribution >= 0.6 is 0 Å². The molecule has 1 aromatic heterocycles. The smallest absolute Gasteiger partial charge is 0.303 e. The molecule has 0 fully saturated rings. The van der Waals surface area contributed by atoms with Crippen LogP contribution in [0.3, 0.4) is 0 Å². The molecule has 9 nitrogen and oxygen atoms in total. The zero-order valence-corrected chi connectivity index (χ0v) is 14.2. The van der Waals surface area contributed by atoms with Crippen LogP contribution < -0.4 is 10.6 Å². The van der Waals surface area contributed by atoms with Crippen molar-refractivity contribution < 1.29 is 19.8 Å². The number of carbonyl (C=O) groups is 2. The molecule has 4 N–H and O–H groups in total. The molecule has 0 saturated heterocycles. The highest BCUT2D eigenvalue weighted by Crippen LogP contribution is 2.17. The van der Waals surface area contributed by atoms with E-state index >= 15 is 0 Å². The van der Waals surface area contributed by atoms with Crippen molar-refractivity contribution in [1.82, 2.24) is 15.0 Å². The lowest BCUT2D eigenvalue weighted by atomic mass is 10.2. The standard InChI is InChI=1S/C17H21N5O4/c23-13(24)8-4-10-18-16-20-15(12-6-2-1-3-7-12)21-17(22-16)19-11-5-9-14(25)26/h1-3,6-7H,4-5,8-11H2,(H,23,24)(H,25,26)(H2,18,19,20,21,22). The van der Waals surface area contributed by atoms with Gasteiger partial charge in [0.2, 0.25) is 11.9 Å². The van der Waals surface area contributed by atoms with E-state index in [1.165, 1.54) is 0 Å². The molecule has 0 unspecified atom stereocenters. The minimum atomic E-state index is -0.854. The summed E-state index contributed by atoms with van der Waals surface area (Å²) in [6.45, 7) is 0.839. The molecule has 0 aliphatic rings. The highest BCUT2D eigenvalue weighted by molar-refractivity contribution is 5.67. The van der Waals surface area contributed by atoms with Gasteiger partial charge in [0.15, 0.2) is 5.82 Å². The van der Waals surface area contributed by atoms with Crippen molar-refractivity contribution in [2.45, 2.75) is 25.7 Å². The Balaban J connectivity index is 2.08. The Kier molecular flexibility index (Phi) is 7.29. The first-order valence-electron chi connectivity index (χ1n) is 8.27. The van der Waals surface area contributed by atoms with Gasteiger partial charge in [-0.15, -0.1) is 0 Å². The lowest BCUT2D eigenvalue weighted by Crippen LogP contribution is -2.13. The number of hydrogen-bond acceptors (Lipinski definition) is 7. The number of rotatable bonds is 11. The van der Waals surface area contributed by atoms with Gasteiger partial charge in [-0.1, -0.05) is 30.3 Å². The Morgan fingerprint density at radius 1 is 0.808 bits per heavy atom. The Bertz CT molecular complexity index is 699. The molecule has 0 aliphatic heterocycles. The van der Waals surface area contributed by atoms with Crippen LogP contribution in [0.15, 0.2) is 30.3 Å². The van der Waals surface area contributed by atoms with Gasteiger partial charge in [0.25, 0.3) is 0 Å². The van der Waals surface area contributed by atoms with Crippen LogP contribution in [0.4, 0.5) is 11.9 Å². The van der Waals surface area contributed by atoms with Crippen molar-refractivity contribution in [1.29, 1.82) is 0 Å². The third kappa shape index (κ3) is 6.71. The quantitative estimate of drug-likeness (QED) is 0.444. The summed E-state index contributed by atoms with van der Waals surface area (Å²) in [6, 6.07) is 9.38. The van der Waals surface area contributed by atoms with Crippen LogP contribution in [0.2, 0.25) is 0 Å². The van der Waals surface area contributed by atoms with E-state index in [2.05, 4.69) is 25.6 Å². The molecule has 0 spiro atoms. The number of carboxylic acid groups (broad SMARTS) is 2. The highest BCUT2D eigenvalue weighted by Gasteiger charge is 2.09. The fourth-order valence-corrected chi connectivity index (χ4v) is 2.13. The van der Waals surface area contributed by atoms with Gasteiger partial charge < -0.3 is 20.8 Å². The Hall–Kier alpha value is -3.23. The molecule has 2 aromatic rings. The van der Waals surface area contributed by atoms with E-state index in [4.69, 9.17) is 10.2 Å². The topological polar surface area (TPSA) is 137 Å². The third-order valence-corrected chi connectivity index (χ3v) is 3.37. The summed E-state index contributed by atoms with van der Waals surface area (Å²) >= 11 is 0. The lowest BCUT2D eigenvalue weighted by molar-refractivity contribution is -0.138. The number of carboxylic acids is 2. The SMILES string of the molecule is O=C(O)CCCNc1nc(NCCCC(=O)O)nc(-c2ccccc2)n1. The van der Waals surface area contributed by atoms with Crippen molar-refractivity contribution in [2.75, 3.05) is 23.7 Å². The zero-order valence-electron chi connectivity index (χ0n) is 14.2. The first-order chi connectivity index (χ1) is 12.5. The summed E-state index contributed by atoms with van der Waals surface area (Å²) < 4.78 is 0. The third-order valence-electron chi connectivity index (χ3n) is 3.37. The first kappa shape index (κ1) is 19.1. The molecule has 1 aromatic carbocycles. The molecular formula is C17H21N5O4. The van der Waals surface area contributed by atoms with Crippen molar-refractivity contribution >= 4 is 23.8 Å². The normalized spacial score (nSPS) is 10.3. The van der Waals surface area contributed by atoms with Crippen molar-refractivity contribution in [3.63, 3.8) is 0 Å². The Morgan fingerprint density at radius 3 is 1.77 bits per heavy atom. The average molecular weight is 359 g/mol. The van der Waals surface area contributed by atoms with E-state index in [0.29, 0.717) is 43.7 Å². The Morgan fingerprint density at radius 2 is 1.31 bits per heavy atom. The van der Waals surface area contributed by atoms with Crippen LogP contribution in [-0.2, 0) is 9.59 Å². The van der Waals surface area contributed by atoms with Gasteiger partial charge >= 0.3 is 11.9 Å². The number of nitrogens with one attached hydrogen (secondary N) is 2. The molecule has 0 atom stereocenters. The number of nitrogens with zero attached hydrogens (tertiary/aromatic N) is 3. The van der Waals surface area contributed by atoms with Gasteiger partial charge in [0, 0.05) is 31.5 Å². The van der Waals surface area contributed by atoms with Crippen molar-refractivity contribution in [3.8, 4) is 11.4 Å². The van der Waals surface area contributed by atoms with E-state index in [-0.39, 0.29) is 12.8 Å². The molecule has 0 amide bonds. The molecule has 0 saturated carbocycles. The van der Waals surface area contributed by atoms with Gasteiger partial charge in [0.05, 0.1) is 0 Å². The van der Waals surface area contributed by atoms with Crippen LogP contribution in [0.25, 0.3) is 11.4 Å². The fraction of sp³-hybridized carbons (Fsp3) is 0.353. The second kappa shape index (κ2) is 9.92. The summed E-state index contributed by atoms with van der Waals surface area (Å²) in [6.07, 6.45) is 1.01. The van der Waals surface area contributed by atoms with Gasteiger partial charge in [-0.05, 0) is 12.8 Å². The van der Waals surface area contributed by atoms with Crippen molar-refractivity contribution in [2.24, 2.45) is 0 Å². The first-order valence-corrected chi connectivity index (χ1v) is 8.27. The van der Waals surface area contributed by atoms with Crippen LogP contribution in [-0.4, -0.2) is 50.2 Å². The monoisotopic (exact) mass is 359 g/mol. The second-order valence-corrected chi connectivity index (χ2v) is 5.52. The largest absolute Gasteiger partial charge is 0.481 e. The minimum Gasteiger partial charge on any atom is -0.481 e. The van der Waals surface area contributed by atoms with Crippen LogP contribution in [0.5, 0.6) is 0 Å². The maximum Gasteiger partial charge on any atom is 0.303 e. The van der Waals surface area contributed by atoms with E-state index in [1.807, 2.05) is 30.3 Å². The van der Waals surface area contributed by atoms with E-state index in [9.17, 15) is 9.59 Å². The Labute approximate surface area is 150 Å². The molecule has 0 radical (unpaired) electrons. The van der Waals surface area contributed by atoms with Gasteiger partial charge in [-0.3, -0.25) is 9.59 Å². The predicted octanol–water partition coefficient (Wildman–Crippen LogP) is 2.09. The van der Waals surface area contributed by atoms with Crippen molar-refractivity contribution in [3.05, 3.63) is 30.3 Å². The number of hydrogen-bond donors (Lipinski definition) is 4. The number of aromatic nitrogens is 3. The molecular weight excluding hydrogens is 338 g/mol. The zero-order chi connectivity index (χ0) is 18.8. The average Bonchev–Trinajstić information content (AvgIpc) is 2.63. The molecule has 9 heteroatoms. The highest BCUT2D eigenvalue weighted by atomic mass is 16.4.